The monoisotopic (exact) mass is 320 g/mol. The first-order chi connectivity index (χ1) is 8.63. The molecule has 1 fully saturated rings. The second-order valence-corrected chi connectivity index (χ2v) is 5.32. The van der Waals surface area contributed by atoms with Gasteiger partial charge in [-0.1, -0.05) is 15.9 Å². The molecule has 1 heterocycles. The van der Waals surface area contributed by atoms with Crippen LogP contribution in [0.25, 0.3) is 0 Å². The topological polar surface area (TPSA) is 47.3 Å². The van der Waals surface area contributed by atoms with Crippen LogP contribution in [0.15, 0.2) is 16.6 Å². The number of hydrazine groups is 1. The molecule has 0 aliphatic carbocycles. The van der Waals surface area contributed by atoms with Gasteiger partial charge in [-0.25, -0.2) is 8.78 Å². The number of halogens is 3. The zero-order valence-electron chi connectivity index (χ0n) is 9.76. The molecule has 3 nitrogen and oxygen atoms in total. The van der Waals surface area contributed by atoms with Crippen LogP contribution in [0.4, 0.5) is 8.78 Å². The summed E-state index contributed by atoms with van der Waals surface area (Å²) in [5.74, 6) is 4.24. The van der Waals surface area contributed by atoms with E-state index in [0.717, 1.165) is 12.8 Å². The van der Waals surface area contributed by atoms with Crippen LogP contribution in [-0.4, -0.2) is 13.2 Å². The maximum atomic E-state index is 13.9. The number of ether oxygens (including phenoxy) is 1. The second kappa shape index (κ2) is 6.06. The first-order valence-electron chi connectivity index (χ1n) is 5.81. The van der Waals surface area contributed by atoms with Crippen LogP contribution < -0.4 is 11.3 Å². The average Bonchev–Trinajstić information content (AvgIpc) is 2.34. The van der Waals surface area contributed by atoms with Gasteiger partial charge in [-0.2, -0.15) is 0 Å². The van der Waals surface area contributed by atoms with E-state index in [4.69, 9.17) is 10.6 Å². The molecule has 3 N–H and O–H groups in total. The van der Waals surface area contributed by atoms with Crippen molar-refractivity contribution >= 4 is 15.9 Å². The van der Waals surface area contributed by atoms with Crippen molar-refractivity contribution in [1.82, 2.24) is 5.43 Å². The maximum Gasteiger partial charge on any atom is 0.132 e. The first kappa shape index (κ1) is 13.9. The Bertz CT molecular complexity index is 402. The molecule has 2 rings (SSSR count). The summed E-state index contributed by atoms with van der Waals surface area (Å²) in [6.07, 6.45) is 1.71. The van der Waals surface area contributed by atoms with Gasteiger partial charge in [0.15, 0.2) is 0 Å². The van der Waals surface area contributed by atoms with Crippen molar-refractivity contribution in [3.8, 4) is 0 Å². The number of benzene rings is 1. The van der Waals surface area contributed by atoms with Gasteiger partial charge in [0, 0.05) is 22.6 Å². The third kappa shape index (κ3) is 2.88. The van der Waals surface area contributed by atoms with Crippen molar-refractivity contribution in [2.75, 3.05) is 13.2 Å². The average molecular weight is 321 g/mol. The second-order valence-electron chi connectivity index (χ2n) is 4.40. The highest BCUT2D eigenvalue weighted by Gasteiger charge is 2.29. The SMILES string of the molecule is NNC(c1c(F)cc(Br)cc1F)C1CCCOC1. The molecule has 0 radical (unpaired) electrons. The summed E-state index contributed by atoms with van der Waals surface area (Å²) in [5, 5.41) is 0. The number of hydrogen-bond donors (Lipinski definition) is 2. The fourth-order valence-corrected chi connectivity index (χ4v) is 2.74. The molecular formula is C12H15BrF2N2O. The van der Waals surface area contributed by atoms with Crippen molar-refractivity contribution in [2.45, 2.75) is 18.9 Å². The highest BCUT2D eigenvalue weighted by Crippen LogP contribution is 2.32. The van der Waals surface area contributed by atoms with Crippen LogP contribution in [0, 0.1) is 17.6 Å². The molecular weight excluding hydrogens is 306 g/mol. The fraction of sp³-hybridized carbons (Fsp3) is 0.500. The lowest BCUT2D eigenvalue weighted by molar-refractivity contribution is 0.0379. The Morgan fingerprint density at radius 3 is 2.56 bits per heavy atom. The van der Waals surface area contributed by atoms with Crippen molar-refractivity contribution < 1.29 is 13.5 Å². The Hall–Kier alpha value is -0.560. The summed E-state index contributed by atoms with van der Waals surface area (Å²) in [4.78, 5) is 0. The van der Waals surface area contributed by atoms with Crippen LogP contribution in [0.2, 0.25) is 0 Å². The molecule has 1 aromatic rings. The summed E-state index contributed by atoms with van der Waals surface area (Å²) >= 11 is 3.06. The lowest BCUT2D eigenvalue weighted by atomic mass is 9.88. The predicted octanol–water partition coefficient (Wildman–Crippen LogP) is 2.66. The van der Waals surface area contributed by atoms with Crippen molar-refractivity contribution in [1.29, 1.82) is 0 Å². The van der Waals surface area contributed by atoms with Crippen LogP contribution in [0.5, 0.6) is 0 Å². The molecule has 0 amide bonds. The number of rotatable bonds is 3. The van der Waals surface area contributed by atoms with E-state index in [-0.39, 0.29) is 11.5 Å². The summed E-state index contributed by atoms with van der Waals surface area (Å²) in [6.45, 7) is 1.16. The summed E-state index contributed by atoms with van der Waals surface area (Å²) < 4.78 is 33.5. The Morgan fingerprint density at radius 2 is 2.06 bits per heavy atom. The Labute approximate surface area is 113 Å². The molecule has 0 aromatic heterocycles. The van der Waals surface area contributed by atoms with E-state index in [1.165, 1.54) is 12.1 Å². The molecule has 2 atom stereocenters. The molecule has 0 saturated carbocycles. The molecule has 1 saturated heterocycles. The highest BCUT2D eigenvalue weighted by atomic mass is 79.9. The van der Waals surface area contributed by atoms with Crippen LogP contribution in [0.1, 0.15) is 24.4 Å². The van der Waals surface area contributed by atoms with E-state index in [0.29, 0.717) is 17.7 Å². The van der Waals surface area contributed by atoms with Gasteiger partial charge in [0.1, 0.15) is 11.6 Å². The quantitative estimate of drug-likeness (QED) is 0.665. The van der Waals surface area contributed by atoms with Gasteiger partial charge in [0.05, 0.1) is 12.6 Å². The van der Waals surface area contributed by atoms with E-state index in [1.807, 2.05) is 0 Å². The highest BCUT2D eigenvalue weighted by molar-refractivity contribution is 9.10. The summed E-state index contributed by atoms with van der Waals surface area (Å²) in [6, 6.07) is 1.91. The largest absolute Gasteiger partial charge is 0.381 e. The van der Waals surface area contributed by atoms with E-state index >= 15 is 0 Å². The number of hydrogen-bond acceptors (Lipinski definition) is 3. The Balaban J connectivity index is 2.32. The zero-order valence-corrected chi connectivity index (χ0v) is 11.3. The van der Waals surface area contributed by atoms with E-state index < -0.39 is 17.7 Å². The molecule has 6 heteroatoms. The van der Waals surface area contributed by atoms with Crippen LogP contribution >= 0.6 is 15.9 Å². The van der Waals surface area contributed by atoms with Crippen molar-refractivity contribution in [2.24, 2.45) is 11.8 Å². The number of nitrogens with two attached hydrogens (primary N) is 1. The standard InChI is InChI=1S/C12H15BrF2N2O/c13-8-4-9(14)11(10(15)5-8)12(17-16)7-2-1-3-18-6-7/h4-5,7,12,17H,1-3,6,16H2. The minimum Gasteiger partial charge on any atom is -0.381 e. The number of nitrogens with one attached hydrogen (secondary N) is 1. The fourth-order valence-electron chi connectivity index (χ4n) is 2.33. The van der Waals surface area contributed by atoms with Crippen LogP contribution in [0.3, 0.4) is 0 Å². The molecule has 1 aliphatic rings. The normalized spacial score (nSPS) is 21.9. The summed E-state index contributed by atoms with van der Waals surface area (Å²) in [5.41, 5.74) is 2.50. The van der Waals surface area contributed by atoms with E-state index in [2.05, 4.69) is 21.4 Å². The molecule has 2 unspecified atom stereocenters. The van der Waals surface area contributed by atoms with Crippen molar-refractivity contribution in [3.63, 3.8) is 0 Å². The van der Waals surface area contributed by atoms with Gasteiger partial charge in [-0.15, -0.1) is 0 Å². The third-order valence-corrected chi connectivity index (χ3v) is 3.66. The molecule has 100 valence electrons. The van der Waals surface area contributed by atoms with E-state index in [1.54, 1.807) is 0 Å². The van der Waals surface area contributed by atoms with E-state index in [9.17, 15) is 8.78 Å². The van der Waals surface area contributed by atoms with Gasteiger partial charge in [0.25, 0.3) is 0 Å². The van der Waals surface area contributed by atoms with Gasteiger partial charge in [-0.3, -0.25) is 11.3 Å². The van der Waals surface area contributed by atoms with Crippen LogP contribution in [-0.2, 0) is 4.74 Å². The van der Waals surface area contributed by atoms with Gasteiger partial charge >= 0.3 is 0 Å². The molecule has 0 bridgehead atoms. The molecule has 18 heavy (non-hydrogen) atoms. The third-order valence-electron chi connectivity index (χ3n) is 3.20. The smallest absolute Gasteiger partial charge is 0.132 e. The zero-order chi connectivity index (χ0) is 13.1. The molecule has 1 aliphatic heterocycles. The lowest BCUT2D eigenvalue weighted by Gasteiger charge is -2.30. The summed E-state index contributed by atoms with van der Waals surface area (Å²) in [7, 11) is 0. The lowest BCUT2D eigenvalue weighted by Crippen LogP contribution is -2.38. The Kier molecular flexibility index (Phi) is 4.66. The van der Waals surface area contributed by atoms with Crippen molar-refractivity contribution in [3.05, 3.63) is 33.8 Å². The minimum atomic E-state index is -0.601. The van der Waals surface area contributed by atoms with Gasteiger partial charge in [0.2, 0.25) is 0 Å². The first-order valence-corrected chi connectivity index (χ1v) is 6.61. The minimum absolute atomic E-state index is 0.0174. The van der Waals surface area contributed by atoms with Gasteiger partial charge in [-0.05, 0) is 25.0 Å². The molecule has 1 aromatic carbocycles. The molecule has 0 spiro atoms. The van der Waals surface area contributed by atoms with Gasteiger partial charge < -0.3 is 4.74 Å². The predicted molar refractivity (Wildman–Crippen MR) is 67.7 cm³/mol. The Morgan fingerprint density at radius 1 is 1.39 bits per heavy atom. The maximum absolute atomic E-state index is 13.9.